The first-order valence-electron chi connectivity index (χ1n) is 14.9. The van der Waals surface area contributed by atoms with Crippen molar-refractivity contribution in [3.63, 3.8) is 0 Å². The second kappa shape index (κ2) is 11.9. The quantitative estimate of drug-likeness (QED) is 0.203. The number of anilines is 2. The minimum absolute atomic E-state index is 0.401. The number of fused-ring (bicyclic) bond motifs is 4. The molecule has 11 nitrogen and oxygen atoms in total. The molecule has 0 amide bonds. The van der Waals surface area contributed by atoms with Crippen molar-refractivity contribution in [2.75, 3.05) is 38.2 Å². The van der Waals surface area contributed by atoms with Crippen LogP contribution in [0.3, 0.4) is 0 Å². The number of hydrogen-bond donors (Lipinski definition) is 1. The Morgan fingerprint density at radius 3 is 2.26 bits per heavy atom. The summed E-state index contributed by atoms with van der Waals surface area (Å²) in [5.41, 5.74) is 5.15. The molecule has 0 unspecified atom stereocenters. The molecule has 0 spiro atoms. The van der Waals surface area contributed by atoms with Gasteiger partial charge in [-0.1, -0.05) is 18.2 Å². The zero-order valence-corrected chi connectivity index (χ0v) is 26.2. The summed E-state index contributed by atoms with van der Waals surface area (Å²) >= 11 is 0. The van der Waals surface area contributed by atoms with E-state index in [1.54, 1.807) is 32.2 Å². The van der Waals surface area contributed by atoms with Gasteiger partial charge in [0.25, 0.3) is 0 Å². The molecule has 2 aliphatic rings. The average molecular weight is 616 g/mol. The van der Waals surface area contributed by atoms with E-state index in [2.05, 4.69) is 21.3 Å². The summed E-state index contributed by atoms with van der Waals surface area (Å²) in [6, 6.07) is 25.1. The molecular formula is C35H33N7O4. The van der Waals surface area contributed by atoms with Crippen LogP contribution in [0.5, 0.6) is 23.0 Å². The SMILES string of the molecule is CCOc1ccc(NC2=Nc3ccccc3N3C2=Nc2c(c(C)nn2-c2ccccn2)[C@@H]3c2cc(OC)c(OC)c(OC)c2)cc1. The molecule has 5 aromatic rings. The molecule has 0 bridgehead atoms. The molecule has 1 N–H and O–H groups in total. The van der Waals surface area contributed by atoms with Gasteiger partial charge in [0.05, 0.1) is 51.0 Å². The highest BCUT2D eigenvalue weighted by molar-refractivity contribution is 6.51. The largest absolute Gasteiger partial charge is 0.494 e. The number of para-hydroxylation sites is 2. The second-order valence-corrected chi connectivity index (χ2v) is 10.6. The maximum atomic E-state index is 5.80. The number of ether oxygens (including phenoxy) is 4. The predicted octanol–water partition coefficient (Wildman–Crippen LogP) is 6.80. The number of hydrogen-bond acceptors (Lipinski definition) is 10. The van der Waals surface area contributed by atoms with Crippen LogP contribution in [0.25, 0.3) is 5.82 Å². The van der Waals surface area contributed by atoms with E-state index in [-0.39, 0.29) is 0 Å². The van der Waals surface area contributed by atoms with Gasteiger partial charge in [-0.15, -0.1) is 0 Å². The van der Waals surface area contributed by atoms with Crippen molar-refractivity contribution in [2.45, 2.75) is 19.9 Å². The van der Waals surface area contributed by atoms with Crippen LogP contribution in [0, 0.1) is 6.92 Å². The van der Waals surface area contributed by atoms with Crippen LogP contribution in [0.2, 0.25) is 0 Å². The first-order valence-corrected chi connectivity index (χ1v) is 14.9. The number of amidine groups is 2. The monoisotopic (exact) mass is 615 g/mol. The highest BCUT2D eigenvalue weighted by Crippen LogP contribution is 2.50. The summed E-state index contributed by atoms with van der Waals surface area (Å²) in [7, 11) is 4.83. The number of rotatable bonds is 8. The summed E-state index contributed by atoms with van der Waals surface area (Å²) in [5.74, 6) is 4.91. The van der Waals surface area contributed by atoms with Gasteiger partial charge in [-0.25, -0.2) is 15.0 Å². The lowest BCUT2D eigenvalue weighted by molar-refractivity contribution is 0.323. The molecule has 0 fully saturated rings. The van der Waals surface area contributed by atoms with Gasteiger partial charge in [0, 0.05) is 17.4 Å². The van der Waals surface area contributed by atoms with Gasteiger partial charge in [0.1, 0.15) is 5.75 Å². The number of aromatic nitrogens is 3. The molecule has 0 saturated carbocycles. The number of nitrogens with one attached hydrogen (secondary N) is 1. The lowest BCUT2D eigenvalue weighted by atomic mass is 9.92. The number of pyridine rings is 1. The van der Waals surface area contributed by atoms with Crippen molar-refractivity contribution in [1.29, 1.82) is 0 Å². The zero-order chi connectivity index (χ0) is 31.8. The standard InChI is InChI=1S/C35H33N7O4/c1-6-46-24-16-14-23(15-17-24)37-33-35-39-34-30(21(2)40-42(34)29-13-9-10-18-36-29)31(41(35)26-12-8-7-11-25(26)38-33)22-19-27(43-3)32(45-5)28(20-22)44-4/h7-20,31H,6H2,1-5H3,(H,37,38)/t31-/m0/s1. The maximum absolute atomic E-state index is 5.80. The number of aliphatic imine (C=N–C) groups is 2. The fraction of sp³-hybridized carbons (Fsp3) is 0.200. The van der Waals surface area contributed by atoms with Crippen LogP contribution in [0.1, 0.15) is 29.8 Å². The summed E-state index contributed by atoms with van der Waals surface area (Å²) < 4.78 is 24.7. The van der Waals surface area contributed by atoms with Gasteiger partial charge in [0.2, 0.25) is 5.75 Å². The molecule has 11 heteroatoms. The van der Waals surface area contributed by atoms with Gasteiger partial charge in [-0.3, -0.25) is 0 Å². The van der Waals surface area contributed by atoms with Crippen molar-refractivity contribution in [2.24, 2.45) is 9.98 Å². The Morgan fingerprint density at radius 2 is 1.59 bits per heavy atom. The summed E-state index contributed by atoms with van der Waals surface area (Å²) in [5, 5.41) is 8.50. The Kier molecular flexibility index (Phi) is 7.49. The van der Waals surface area contributed by atoms with Gasteiger partial charge in [-0.05, 0) is 80.1 Å². The van der Waals surface area contributed by atoms with Crippen molar-refractivity contribution < 1.29 is 18.9 Å². The van der Waals surface area contributed by atoms with Gasteiger partial charge in [-0.2, -0.15) is 9.78 Å². The Hall–Kier alpha value is -5.84. The average Bonchev–Trinajstić information content (AvgIpc) is 3.43. The molecule has 2 aromatic heterocycles. The third kappa shape index (κ3) is 4.86. The zero-order valence-electron chi connectivity index (χ0n) is 26.2. The number of nitrogens with zero attached hydrogens (tertiary/aromatic N) is 6. The highest BCUT2D eigenvalue weighted by atomic mass is 16.5. The predicted molar refractivity (Wildman–Crippen MR) is 178 cm³/mol. The van der Waals surface area contributed by atoms with E-state index in [9.17, 15) is 0 Å². The third-order valence-electron chi connectivity index (χ3n) is 7.94. The molecule has 2 aliphatic heterocycles. The van der Waals surface area contributed by atoms with Crippen molar-refractivity contribution in [1.82, 2.24) is 14.8 Å². The Morgan fingerprint density at radius 1 is 0.848 bits per heavy atom. The van der Waals surface area contributed by atoms with Crippen molar-refractivity contribution in [3.8, 4) is 28.8 Å². The third-order valence-corrected chi connectivity index (χ3v) is 7.94. The van der Waals surface area contributed by atoms with E-state index in [0.29, 0.717) is 47.2 Å². The van der Waals surface area contributed by atoms with E-state index in [0.717, 1.165) is 39.6 Å². The summed E-state index contributed by atoms with van der Waals surface area (Å²) in [6.45, 7) is 4.55. The van der Waals surface area contributed by atoms with Crippen LogP contribution in [-0.4, -0.2) is 54.4 Å². The van der Waals surface area contributed by atoms with E-state index in [1.165, 1.54) is 0 Å². The summed E-state index contributed by atoms with van der Waals surface area (Å²) in [4.78, 5) is 17.1. The van der Waals surface area contributed by atoms with Crippen LogP contribution in [-0.2, 0) is 0 Å². The summed E-state index contributed by atoms with van der Waals surface area (Å²) in [6.07, 6.45) is 1.74. The molecule has 46 heavy (non-hydrogen) atoms. The van der Waals surface area contributed by atoms with Gasteiger partial charge < -0.3 is 29.2 Å². The molecular weight excluding hydrogens is 582 g/mol. The Balaban J connectivity index is 1.48. The molecule has 1 atom stereocenters. The normalized spacial score (nSPS) is 14.7. The first-order chi connectivity index (χ1) is 22.5. The lowest BCUT2D eigenvalue weighted by Gasteiger charge is -2.40. The molecule has 0 saturated heterocycles. The minimum atomic E-state index is -0.401. The van der Waals surface area contributed by atoms with Crippen molar-refractivity contribution in [3.05, 3.63) is 102 Å². The molecule has 3 aromatic carbocycles. The Bertz CT molecular complexity index is 1940. The lowest BCUT2D eigenvalue weighted by Crippen LogP contribution is -2.46. The smallest absolute Gasteiger partial charge is 0.203 e. The molecule has 0 aliphatic carbocycles. The second-order valence-electron chi connectivity index (χ2n) is 10.6. The van der Waals surface area contributed by atoms with Gasteiger partial charge >= 0.3 is 0 Å². The molecule has 0 radical (unpaired) electrons. The van der Waals surface area contributed by atoms with Gasteiger partial charge in [0.15, 0.2) is 34.8 Å². The maximum Gasteiger partial charge on any atom is 0.203 e. The highest BCUT2D eigenvalue weighted by Gasteiger charge is 2.42. The van der Waals surface area contributed by atoms with E-state index < -0.39 is 6.04 Å². The Labute approximate surface area is 266 Å². The topological polar surface area (TPSA) is 108 Å². The van der Waals surface area contributed by atoms with Crippen LogP contribution < -0.4 is 29.2 Å². The number of methoxy groups -OCH3 is 3. The fourth-order valence-electron chi connectivity index (χ4n) is 5.95. The minimum Gasteiger partial charge on any atom is -0.494 e. The van der Waals surface area contributed by atoms with Crippen LogP contribution >= 0.6 is 0 Å². The van der Waals surface area contributed by atoms with Crippen LogP contribution in [0.4, 0.5) is 22.9 Å². The molecule has 4 heterocycles. The fourth-order valence-corrected chi connectivity index (χ4v) is 5.95. The molecule has 232 valence electrons. The van der Waals surface area contributed by atoms with E-state index >= 15 is 0 Å². The van der Waals surface area contributed by atoms with E-state index in [4.69, 9.17) is 34.0 Å². The van der Waals surface area contributed by atoms with Crippen molar-refractivity contribution >= 4 is 34.6 Å². The number of benzene rings is 3. The van der Waals surface area contributed by atoms with E-state index in [1.807, 2.05) is 86.6 Å². The molecule has 7 rings (SSSR count). The number of aryl methyl sites for hydroxylation is 1. The van der Waals surface area contributed by atoms with Crippen LogP contribution in [0.15, 0.2) is 95.0 Å². The first kappa shape index (κ1) is 28.9.